The van der Waals surface area contributed by atoms with Crippen molar-refractivity contribution in [3.8, 4) is 0 Å². The zero-order valence-corrected chi connectivity index (χ0v) is 12.9. The van der Waals surface area contributed by atoms with E-state index in [0.29, 0.717) is 37.0 Å². The summed E-state index contributed by atoms with van der Waals surface area (Å²) in [6, 6.07) is 5.38. The first-order valence-corrected chi connectivity index (χ1v) is 8.02. The number of thioether (sulfide) groups is 1. The highest BCUT2D eigenvalue weighted by Gasteiger charge is 2.31. The Hall–Kier alpha value is -1.24. The summed E-state index contributed by atoms with van der Waals surface area (Å²) in [6.07, 6.45) is 0.207. The highest BCUT2D eigenvalue weighted by Crippen LogP contribution is 2.38. The first-order valence-electron chi connectivity index (χ1n) is 6.76. The lowest BCUT2D eigenvalue weighted by Gasteiger charge is -2.29. The predicted molar refractivity (Wildman–Crippen MR) is 81.7 cm³/mol. The Bertz CT molecular complexity index is 575. The normalized spacial score (nSPS) is 21.7. The summed E-state index contributed by atoms with van der Waals surface area (Å²) in [6.45, 7) is 2.34. The van der Waals surface area contributed by atoms with Crippen molar-refractivity contribution in [2.24, 2.45) is 0 Å². The molecule has 5 nitrogen and oxygen atoms in total. The summed E-state index contributed by atoms with van der Waals surface area (Å²) < 4.78 is 5.23. The number of benzene rings is 1. The second-order valence-electron chi connectivity index (χ2n) is 4.93. The number of halogens is 1. The molecule has 112 valence electrons. The molecule has 0 aromatic heterocycles. The van der Waals surface area contributed by atoms with Gasteiger partial charge < -0.3 is 15.0 Å². The van der Waals surface area contributed by atoms with Crippen LogP contribution in [0.5, 0.6) is 0 Å². The van der Waals surface area contributed by atoms with Crippen molar-refractivity contribution in [3.63, 3.8) is 0 Å². The molecule has 1 atom stereocenters. The third-order valence-electron chi connectivity index (χ3n) is 3.48. The van der Waals surface area contributed by atoms with Gasteiger partial charge in [0.1, 0.15) is 0 Å². The van der Waals surface area contributed by atoms with Gasteiger partial charge in [0.05, 0.1) is 24.2 Å². The molecule has 0 saturated carbocycles. The zero-order valence-electron chi connectivity index (χ0n) is 11.3. The standard InChI is InChI=1S/C14H15ClN2O3S/c15-9-1-2-11-10(7-9)16-14(19)12(21-11)8-13(18)17-3-5-20-6-4-17/h1-2,7,12H,3-6,8H2,(H,16,19). The predicted octanol–water partition coefficient (Wildman–Crippen LogP) is 2.00. The van der Waals surface area contributed by atoms with Gasteiger partial charge in [-0.1, -0.05) is 11.6 Å². The minimum atomic E-state index is -0.394. The average Bonchev–Trinajstić information content (AvgIpc) is 2.49. The molecule has 1 N–H and O–H groups in total. The maximum Gasteiger partial charge on any atom is 0.238 e. The van der Waals surface area contributed by atoms with Crippen LogP contribution in [0.2, 0.25) is 5.02 Å². The largest absolute Gasteiger partial charge is 0.378 e. The van der Waals surface area contributed by atoms with Gasteiger partial charge in [-0.05, 0) is 18.2 Å². The molecule has 1 aromatic rings. The molecule has 1 aromatic carbocycles. The summed E-state index contributed by atoms with van der Waals surface area (Å²) >= 11 is 7.33. The van der Waals surface area contributed by atoms with Crippen LogP contribution in [0.4, 0.5) is 5.69 Å². The van der Waals surface area contributed by atoms with Gasteiger partial charge in [-0.15, -0.1) is 11.8 Å². The molecule has 1 saturated heterocycles. The van der Waals surface area contributed by atoms with Gasteiger partial charge in [0.15, 0.2) is 0 Å². The number of carbonyl (C=O) groups excluding carboxylic acids is 2. The minimum Gasteiger partial charge on any atom is -0.378 e. The number of rotatable bonds is 2. The van der Waals surface area contributed by atoms with E-state index < -0.39 is 5.25 Å². The van der Waals surface area contributed by atoms with Crippen molar-refractivity contribution in [2.45, 2.75) is 16.6 Å². The van der Waals surface area contributed by atoms with Gasteiger partial charge in [-0.3, -0.25) is 9.59 Å². The van der Waals surface area contributed by atoms with Crippen LogP contribution in [0.1, 0.15) is 6.42 Å². The van der Waals surface area contributed by atoms with Crippen LogP contribution >= 0.6 is 23.4 Å². The topological polar surface area (TPSA) is 58.6 Å². The average molecular weight is 327 g/mol. The van der Waals surface area contributed by atoms with Gasteiger partial charge in [-0.25, -0.2) is 0 Å². The van der Waals surface area contributed by atoms with E-state index in [-0.39, 0.29) is 18.2 Å². The smallest absolute Gasteiger partial charge is 0.238 e. The second kappa shape index (κ2) is 6.25. The van der Waals surface area contributed by atoms with E-state index in [1.807, 2.05) is 6.07 Å². The Labute approximate surface area is 132 Å². The number of nitrogens with zero attached hydrogens (tertiary/aromatic N) is 1. The molecular formula is C14H15ClN2O3S. The van der Waals surface area contributed by atoms with Crippen molar-refractivity contribution in [2.75, 3.05) is 31.6 Å². The number of nitrogens with one attached hydrogen (secondary N) is 1. The van der Waals surface area contributed by atoms with E-state index in [0.717, 1.165) is 4.90 Å². The van der Waals surface area contributed by atoms with Crippen LogP contribution < -0.4 is 5.32 Å². The lowest BCUT2D eigenvalue weighted by molar-refractivity contribution is -0.136. The Morgan fingerprint density at radius 1 is 1.43 bits per heavy atom. The summed E-state index contributed by atoms with van der Waals surface area (Å²) in [7, 11) is 0. The Morgan fingerprint density at radius 3 is 2.95 bits per heavy atom. The molecule has 0 radical (unpaired) electrons. The first kappa shape index (κ1) is 14.7. The van der Waals surface area contributed by atoms with Crippen LogP contribution in [0.3, 0.4) is 0 Å². The number of amides is 2. The van der Waals surface area contributed by atoms with Crippen LogP contribution in [0.25, 0.3) is 0 Å². The molecule has 0 bridgehead atoms. The van der Waals surface area contributed by atoms with Crippen LogP contribution in [0.15, 0.2) is 23.1 Å². The zero-order chi connectivity index (χ0) is 14.8. The monoisotopic (exact) mass is 326 g/mol. The van der Waals surface area contributed by atoms with Crippen LogP contribution in [-0.4, -0.2) is 48.3 Å². The Kier molecular flexibility index (Phi) is 4.37. The van der Waals surface area contributed by atoms with Gasteiger partial charge in [-0.2, -0.15) is 0 Å². The number of carbonyl (C=O) groups is 2. The molecular weight excluding hydrogens is 312 g/mol. The Balaban J connectivity index is 1.67. The number of morpholine rings is 1. The van der Waals surface area contributed by atoms with Gasteiger partial charge in [0.2, 0.25) is 11.8 Å². The van der Waals surface area contributed by atoms with Crippen LogP contribution in [0, 0.1) is 0 Å². The third kappa shape index (κ3) is 3.33. The minimum absolute atomic E-state index is 0.00311. The molecule has 2 aliphatic rings. The first-order chi connectivity index (χ1) is 10.1. The van der Waals surface area contributed by atoms with E-state index in [1.54, 1.807) is 17.0 Å². The fourth-order valence-corrected chi connectivity index (χ4v) is 3.61. The molecule has 7 heteroatoms. The molecule has 21 heavy (non-hydrogen) atoms. The lowest BCUT2D eigenvalue weighted by atomic mass is 10.2. The highest BCUT2D eigenvalue weighted by atomic mass is 35.5. The quantitative estimate of drug-likeness (QED) is 0.903. The molecule has 0 aliphatic carbocycles. The molecule has 1 fully saturated rings. The molecule has 3 rings (SSSR count). The Morgan fingerprint density at radius 2 is 2.19 bits per heavy atom. The lowest BCUT2D eigenvalue weighted by Crippen LogP contribution is -2.43. The molecule has 2 amide bonds. The summed E-state index contributed by atoms with van der Waals surface area (Å²) in [5, 5.41) is 3.01. The summed E-state index contributed by atoms with van der Waals surface area (Å²) in [4.78, 5) is 27.1. The molecule has 0 spiro atoms. The fourth-order valence-electron chi connectivity index (χ4n) is 2.36. The number of hydrogen-bond donors (Lipinski definition) is 1. The maximum atomic E-state index is 12.2. The van der Waals surface area contributed by atoms with Gasteiger partial charge in [0.25, 0.3) is 0 Å². The second-order valence-corrected chi connectivity index (χ2v) is 6.61. The van der Waals surface area contributed by atoms with E-state index in [2.05, 4.69) is 5.32 Å². The molecule has 2 heterocycles. The van der Waals surface area contributed by atoms with Crippen molar-refractivity contribution < 1.29 is 14.3 Å². The molecule has 1 unspecified atom stereocenters. The van der Waals surface area contributed by atoms with Gasteiger partial charge >= 0.3 is 0 Å². The number of anilines is 1. The fraction of sp³-hybridized carbons (Fsp3) is 0.429. The third-order valence-corrected chi connectivity index (χ3v) is 5.00. The van der Waals surface area contributed by atoms with Gasteiger partial charge in [0, 0.05) is 29.4 Å². The van der Waals surface area contributed by atoms with Crippen molar-refractivity contribution in [1.82, 2.24) is 4.90 Å². The highest BCUT2D eigenvalue weighted by molar-refractivity contribution is 8.01. The maximum absolute atomic E-state index is 12.2. The SMILES string of the molecule is O=C1Nc2cc(Cl)ccc2SC1CC(=O)N1CCOCC1. The van der Waals surface area contributed by atoms with E-state index in [9.17, 15) is 9.59 Å². The molecule has 2 aliphatic heterocycles. The van der Waals surface area contributed by atoms with Crippen molar-refractivity contribution >= 4 is 40.9 Å². The van der Waals surface area contributed by atoms with E-state index in [4.69, 9.17) is 16.3 Å². The summed E-state index contributed by atoms with van der Waals surface area (Å²) in [5.41, 5.74) is 0.715. The van der Waals surface area contributed by atoms with Crippen LogP contribution in [-0.2, 0) is 14.3 Å². The van der Waals surface area contributed by atoms with Crippen molar-refractivity contribution in [1.29, 1.82) is 0 Å². The van der Waals surface area contributed by atoms with Crippen molar-refractivity contribution in [3.05, 3.63) is 23.2 Å². The van der Waals surface area contributed by atoms with E-state index >= 15 is 0 Å². The number of hydrogen-bond acceptors (Lipinski definition) is 4. The summed E-state index contributed by atoms with van der Waals surface area (Å²) in [5.74, 6) is -0.139. The van der Waals surface area contributed by atoms with E-state index in [1.165, 1.54) is 11.8 Å². The number of ether oxygens (including phenoxy) is 1. The number of fused-ring (bicyclic) bond motifs is 1.